The summed E-state index contributed by atoms with van der Waals surface area (Å²) in [6.45, 7) is 10.5. The Morgan fingerprint density at radius 1 is 0.955 bits per heavy atom. The number of aliphatic hydroxyl groups is 1. The first-order valence-corrected chi connectivity index (χ1v) is 7.80. The predicted molar refractivity (Wildman–Crippen MR) is 92.5 cm³/mol. The quantitative estimate of drug-likeness (QED) is 0.857. The highest BCUT2D eigenvalue weighted by molar-refractivity contribution is 5.72. The van der Waals surface area contributed by atoms with Gasteiger partial charge in [-0.2, -0.15) is 0 Å². The molecule has 0 fully saturated rings. The number of benzene rings is 2. The van der Waals surface area contributed by atoms with Gasteiger partial charge in [-0.25, -0.2) is 0 Å². The van der Waals surface area contributed by atoms with E-state index in [1.54, 1.807) is 13.8 Å². The van der Waals surface area contributed by atoms with E-state index in [9.17, 15) is 5.11 Å². The Hall–Kier alpha value is -1.80. The van der Waals surface area contributed by atoms with Crippen LogP contribution in [0.5, 0.6) is 5.75 Å². The molecule has 0 amide bonds. The summed E-state index contributed by atoms with van der Waals surface area (Å²) in [7, 11) is 0. The fraction of sp³-hybridized carbons (Fsp3) is 0.400. The Morgan fingerprint density at radius 2 is 1.68 bits per heavy atom. The van der Waals surface area contributed by atoms with Crippen molar-refractivity contribution in [1.82, 2.24) is 0 Å². The summed E-state index contributed by atoms with van der Waals surface area (Å²) in [6, 6.07) is 12.6. The standard InChI is InChI=1S/C20H26O2/c1-14-7-6-8-19(16(14)3)18-10-9-17(13-15(18)2)22-12-11-20(4,5)21/h6-10,13,21H,11-12H2,1-5H3. The second-order valence-corrected chi connectivity index (χ2v) is 6.64. The lowest BCUT2D eigenvalue weighted by atomic mass is 9.94. The van der Waals surface area contributed by atoms with Gasteiger partial charge >= 0.3 is 0 Å². The summed E-state index contributed by atoms with van der Waals surface area (Å²) in [6.07, 6.45) is 0.616. The van der Waals surface area contributed by atoms with Crippen molar-refractivity contribution >= 4 is 0 Å². The van der Waals surface area contributed by atoms with Gasteiger partial charge in [-0.3, -0.25) is 0 Å². The number of rotatable bonds is 5. The zero-order chi connectivity index (χ0) is 16.3. The van der Waals surface area contributed by atoms with Crippen molar-refractivity contribution in [3.8, 4) is 16.9 Å². The fourth-order valence-electron chi connectivity index (χ4n) is 2.49. The lowest BCUT2D eigenvalue weighted by Crippen LogP contribution is -2.21. The first-order valence-electron chi connectivity index (χ1n) is 7.80. The minimum Gasteiger partial charge on any atom is -0.493 e. The van der Waals surface area contributed by atoms with Crippen LogP contribution >= 0.6 is 0 Å². The summed E-state index contributed by atoms with van der Waals surface area (Å²) < 4.78 is 5.75. The molecule has 0 radical (unpaired) electrons. The van der Waals surface area contributed by atoms with Gasteiger partial charge in [-0.15, -0.1) is 0 Å². The average molecular weight is 298 g/mol. The molecule has 0 atom stereocenters. The third kappa shape index (κ3) is 4.11. The summed E-state index contributed by atoms with van der Waals surface area (Å²) in [4.78, 5) is 0. The van der Waals surface area contributed by atoms with Crippen molar-refractivity contribution in [3.05, 3.63) is 53.1 Å². The Balaban J connectivity index is 2.18. The number of ether oxygens (including phenoxy) is 1. The Bertz CT molecular complexity index is 651. The predicted octanol–water partition coefficient (Wildman–Crippen LogP) is 4.82. The largest absolute Gasteiger partial charge is 0.493 e. The van der Waals surface area contributed by atoms with Crippen molar-refractivity contribution in [3.63, 3.8) is 0 Å². The van der Waals surface area contributed by atoms with Crippen LogP contribution in [-0.4, -0.2) is 17.3 Å². The molecule has 2 rings (SSSR count). The molecule has 2 heteroatoms. The second-order valence-electron chi connectivity index (χ2n) is 6.64. The van der Waals surface area contributed by atoms with Gasteiger partial charge in [0.25, 0.3) is 0 Å². The van der Waals surface area contributed by atoms with Crippen LogP contribution in [0.4, 0.5) is 0 Å². The Morgan fingerprint density at radius 3 is 2.32 bits per heavy atom. The van der Waals surface area contributed by atoms with Gasteiger partial charge in [-0.1, -0.05) is 24.3 Å². The van der Waals surface area contributed by atoms with Crippen molar-refractivity contribution in [2.75, 3.05) is 6.61 Å². The van der Waals surface area contributed by atoms with E-state index in [0.29, 0.717) is 13.0 Å². The summed E-state index contributed by atoms with van der Waals surface area (Å²) in [5.74, 6) is 0.857. The first kappa shape index (κ1) is 16.6. The van der Waals surface area contributed by atoms with Gasteiger partial charge in [0.2, 0.25) is 0 Å². The number of hydrogen-bond donors (Lipinski definition) is 1. The molecule has 0 spiro atoms. The highest BCUT2D eigenvalue weighted by atomic mass is 16.5. The molecule has 0 bridgehead atoms. The van der Waals surface area contributed by atoms with E-state index in [1.165, 1.54) is 27.8 Å². The Labute approximate surface area is 133 Å². The normalized spacial score (nSPS) is 11.5. The van der Waals surface area contributed by atoms with Crippen LogP contribution in [0.3, 0.4) is 0 Å². The molecular weight excluding hydrogens is 272 g/mol. The molecule has 1 N–H and O–H groups in total. The topological polar surface area (TPSA) is 29.5 Å². The van der Waals surface area contributed by atoms with Crippen molar-refractivity contribution < 1.29 is 9.84 Å². The van der Waals surface area contributed by atoms with Gasteiger partial charge in [-0.05, 0) is 74.6 Å². The van der Waals surface area contributed by atoms with Gasteiger partial charge in [0.1, 0.15) is 5.75 Å². The third-order valence-corrected chi connectivity index (χ3v) is 4.08. The monoisotopic (exact) mass is 298 g/mol. The zero-order valence-electron chi connectivity index (χ0n) is 14.2. The van der Waals surface area contributed by atoms with Gasteiger partial charge in [0.15, 0.2) is 0 Å². The number of aryl methyl sites for hydroxylation is 2. The molecular formula is C20H26O2. The van der Waals surface area contributed by atoms with E-state index < -0.39 is 5.60 Å². The van der Waals surface area contributed by atoms with Crippen molar-refractivity contribution in [2.24, 2.45) is 0 Å². The van der Waals surface area contributed by atoms with Gasteiger partial charge in [0, 0.05) is 6.42 Å². The van der Waals surface area contributed by atoms with E-state index in [1.807, 2.05) is 6.07 Å². The lowest BCUT2D eigenvalue weighted by molar-refractivity contribution is 0.0553. The van der Waals surface area contributed by atoms with Crippen LogP contribution in [0.1, 0.15) is 37.0 Å². The summed E-state index contributed by atoms with van der Waals surface area (Å²) in [5, 5.41) is 9.72. The highest BCUT2D eigenvalue weighted by Crippen LogP contribution is 2.30. The minimum atomic E-state index is -0.687. The zero-order valence-corrected chi connectivity index (χ0v) is 14.2. The maximum atomic E-state index is 9.72. The average Bonchev–Trinajstić information content (AvgIpc) is 2.41. The molecule has 2 aromatic rings. The van der Waals surface area contributed by atoms with Crippen LogP contribution in [-0.2, 0) is 0 Å². The molecule has 0 unspecified atom stereocenters. The van der Waals surface area contributed by atoms with Gasteiger partial charge < -0.3 is 9.84 Å². The molecule has 118 valence electrons. The molecule has 0 aliphatic rings. The van der Waals surface area contributed by atoms with E-state index in [4.69, 9.17) is 4.74 Å². The SMILES string of the molecule is Cc1cc(OCCC(C)(C)O)ccc1-c1cccc(C)c1C. The van der Waals surface area contributed by atoms with E-state index in [2.05, 4.69) is 51.1 Å². The smallest absolute Gasteiger partial charge is 0.119 e. The molecule has 22 heavy (non-hydrogen) atoms. The van der Waals surface area contributed by atoms with E-state index in [-0.39, 0.29) is 0 Å². The third-order valence-electron chi connectivity index (χ3n) is 4.08. The molecule has 2 aromatic carbocycles. The van der Waals surface area contributed by atoms with Crippen molar-refractivity contribution in [1.29, 1.82) is 0 Å². The van der Waals surface area contributed by atoms with Crippen LogP contribution in [0, 0.1) is 20.8 Å². The molecule has 0 aromatic heterocycles. The van der Waals surface area contributed by atoms with Crippen LogP contribution < -0.4 is 4.74 Å². The molecule has 0 heterocycles. The molecule has 0 saturated heterocycles. The summed E-state index contributed by atoms with van der Waals surface area (Å²) in [5.41, 5.74) is 5.67. The molecule has 2 nitrogen and oxygen atoms in total. The molecule has 0 aliphatic heterocycles. The Kier molecular flexibility index (Phi) is 4.92. The maximum absolute atomic E-state index is 9.72. The molecule has 0 aliphatic carbocycles. The van der Waals surface area contributed by atoms with Gasteiger partial charge in [0.05, 0.1) is 12.2 Å². The number of hydrogen-bond acceptors (Lipinski definition) is 2. The van der Waals surface area contributed by atoms with Crippen LogP contribution in [0.25, 0.3) is 11.1 Å². The minimum absolute atomic E-state index is 0.520. The van der Waals surface area contributed by atoms with Crippen LogP contribution in [0.2, 0.25) is 0 Å². The lowest BCUT2D eigenvalue weighted by Gasteiger charge is -2.18. The van der Waals surface area contributed by atoms with E-state index >= 15 is 0 Å². The second kappa shape index (κ2) is 6.53. The molecule has 0 saturated carbocycles. The maximum Gasteiger partial charge on any atom is 0.119 e. The first-order chi connectivity index (χ1) is 10.3. The fourth-order valence-corrected chi connectivity index (χ4v) is 2.49. The van der Waals surface area contributed by atoms with E-state index in [0.717, 1.165) is 5.75 Å². The van der Waals surface area contributed by atoms with Crippen molar-refractivity contribution in [2.45, 2.75) is 46.6 Å². The highest BCUT2D eigenvalue weighted by Gasteiger charge is 2.12. The summed E-state index contributed by atoms with van der Waals surface area (Å²) >= 11 is 0. The van der Waals surface area contributed by atoms with Crippen LogP contribution in [0.15, 0.2) is 36.4 Å².